The van der Waals surface area contributed by atoms with Crippen LogP contribution in [0.2, 0.25) is 0 Å². The van der Waals surface area contributed by atoms with Crippen molar-refractivity contribution in [3.8, 4) is 11.6 Å². The summed E-state index contributed by atoms with van der Waals surface area (Å²) in [5, 5.41) is 8.13. The number of furan rings is 1. The fraction of sp³-hybridized carbons (Fsp3) is 0.0769. The monoisotopic (exact) mass is 308 g/mol. The molecule has 5 nitrogen and oxygen atoms in total. The highest BCUT2D eigenvalue weighted by Crippen LogP contribution is 2.26. The number of hydrogen-bond donors (Lipinski definition) is 1. The zero-order valence-corrected chi connectivity index (χ0v) is 11.5. The maximum atomic E-state index is 13.5. The standard InChI is InChI=1S/C13H10F2N4OS/c14-9-3-1-4-10(15)8(9)7-21-13-18-17-12(19(13)16)11-5-2-6-20-11/h1-6H,7,16H2. The van der Waals surface area contributed by atoms with Crippen molar-refractivity contribution in [2.24, 2.45) is 0 Å². The van der Waals surface area contributed by atoms with Gasteiger partial charge in [0.1, 0.15) is 11.6 Å². The third-order valence-electron chi connectivity index (χ3n) is 2.81. The van der Waals surface area contributed by atoms with E-state index in [1.165, 1.54) is 29.1 Å². The van der Waals surface area contributed by atoms with E-state index in [4.69, 9.17) is 10.3 Å². The summed E-state index contributed by atoms with van der Waals surface area (Å²) in [7, 11) is 0. The quantitative estimate of drug-likeness (QED) is 0.593. The molecule has 2 N–H and O–H groups in total. The predicted molar refractivity (Wildman–Crippen MR) is 73.8 cm³/mol. The number of rotatable bonds is 4. The molecule has 0 bridgehead atoms. The molecule has 3 rings (SSSR count). The molecule has 0 fully saturated rings. The van der Waals surface area contributed by atoms with E-state index >= 15 is 0 Å². The van der Waals surface area contributed by atoms with E-state index in [1.54, 1.807) is 12.1 Å². The molecular formula is C13H10F2N4OS. The van der Waals surface area contributed by atoms with Crippen molar-refractivity contribution in [3.63, 3.8) is 0 Å². The van der Waals surface area contributed by atoms with Crippen molar-refractivity contribution in [1.29, 1.82) is 0 Å². The van der Waals surface area contributed by atoms with E-state index in [0.29, 0.717) is 16.7 Å². The van der Waals surface area contributed by atoms with E-state index in [1.807, 2.05) is 0 Å². The first-order valence-electron chi connectivity index (χ1n) is 5.97. The molecule has 3 aromatic rings. The largest absolute Gasteiger partial charge is 0.461 e. The lowest BCUT2D eigenvalue weighted by Gasteiger charge is -2.04. The first-order valence-corrected chi connectivity index (χ1v) is 6.95. The fourth-order valence-corrected chi connectivity index (χ4v) is 2.63. The minimum Gasteiger partial charge on any atom is -0.461 e. The average molecular weight is 308 g/mol. The number of aromatic nitrogens is 3. The van der Waals surface area contributed by atoms with Crippen LogP contribution in [-0.4, -0.2) is 14.9 Å². The Bertz CT molecular complexity index is 737. The minimum atomic E-state index is -0.600. The highest BCUT2D eigenvalue weighted by molar-refractivity contribution is 7.98. The Morgan fingerprint density at radius 3 is 2.57 bits per heavy atom. The lowest BCUT2D eigenvalue weighted by atomic mass is 10.2. The van der Waals surface area contributed by atoms with Gasteiger partial charge in [-0.1, -0.05) is 17.8 Å². The summed E-state index contributed by atoms with van der Waals surface area (Å²) >= 11 is 1.09. The van der Waals surface area contributed by atoms with Crippen molar-refractivity contribution in [2.75, 3.05) is 5.84 Å². The van der Waals surface area contributed by atoms with Gasteiger partial charge in [-0.2, -0.15) is 0 Å². The smallest absolute Gasteiger partial charge is 0.218 e. The second kappa shape index (κ2) is 5.57. The van der Waals surface area contributed by atoms with Gasteiger partial charge in [0.05, 0.1) is 6.26 Å². The van der Waals surface area contributed by atoms with E-state index in [-0.39, 0.29) is 11.3 Å². The fourth-order valence-electron chi connectivity index (χ4n) is 1.76. The third-order valence-corrected chi connectivity index (χ3v) is 3.78. The molecule has 0 aliphatic rings. The van der Waals surface area contributed by atoms with Crippen LogP contribution in [-0.2, 0) is 5.75 Å². The Balaban J connectivity index is 1.81. The first-order chi connectivity index (χ1) is 10.2. The molecule has 0 aliphatic carbocycles. The second-order valence-corrected chi connectivity index (χ2v) is 5.08. The summed E-state index contributed by atoms with van der Waals surface area (Å²) < 4.78 is 33.5. The van der Waals surface area contributed by atoms with Gasteiger partial charge in [0.2, 0.25) is 11.0 Å². The summed E-state index contributed by atoms with van der Waals surface area (Å²) in [6.07, 6.45) is 1.49. The first kappa shape index (κ1) is 13.6. The normalized spacial score (nSPS) is 11.0. The summed E-state index contributed by atoms with van der Waals surface area (Å²) in [5.41, 5.74) is -0.0231. The average Bonchev–Trinajstić information content (AvgIpc) is 3.08. The maximum Gasteiger partial charge on any atom is 0.218 e. The predicted octanol–water partition coefficient (Wildman–Crippen LogP) is 2.82. The van der Waals surface area contributed by atoms with Crippen molar-refractivity contribution >= 4 is 11.8 Å². The van der Waals surface area contributed by atoms with Gasteiger partial charge in [-0.25, -0.2) is 13.5 Å². The molecule has 2 heterocycles. The highest BCUT2D eigenvalue weighted by Gasteiger charge is 2.16. The van der Waals surface area contributed by atoms with Crippen LogP contribution < -0.4 is 5.84 Å². The van der Waals surface area contributed by atoms with E-state index in [0.717, 1.165) is 11.8 Å². The Labute approximate surface area is 122 Å². The van der Waals surface area contributed by atoms with Crippen molar-refractivity contribution < 1.29 is 13.2 Å². The lowest BCUT2D eigenvalue weighted by Crippen LogP contribution is -2.11. The number of benzene rings is 1. The highest BCUT2D eigenvalue weighted by atomic mass is 32.2. The molecule has 0 unspecified atom stereocenters. The van der Waals surface area contributed by atoms with Gasteiger partial charge in [-0.3, -0.25) is 0 Å². The Kier molecular flexibility index (Phi) is 3.61. The summed E-state index contributed by atoms with van der Waals surface area (Å²) in [4.78, 5) is 0. The molecule has 0 saturated carbocycles. The summed E-state index contributed by atoms with van der Waals surface area (Å²) in [6.45, 7) is 0. The summed E-state index contributed by atoms with van der Waals surface area (Å²) in [5.74, 6) is 5.53. The SMILES string of the molecule is Nn1c(SCc2c(F)cccc2F)nnc1-c1ccco1. The van der Waals surface area contributed by atoms with Gasteiger partial charge < -0.3 is 10.3 Å². The van der Waals surface area contributed by atoms with Gasteiger partial charge in [0.15, 0.2) is 5.76 Å². The number of nitrogens with zero attached hydrogens (tertiary/aromatic N) is 3. The molecule has 1 aromatic carbocycles. The topological polar surface area (TPSA) is 69.9 Å². The molecular weight excluding hydrogens is 298 g/mol. The van der Waals surface area contributed by atoms with Gasteiger partial charge in [-0.15, -0.1) is 10.2 Å². The second-order valence-electron chi connectivity index (χ2n) is 4.14. The van der Waals surface area contributed by atoms with Crippen molar-refractivity contribution in [3.05, 3.63) is 53.8 Å². The van der Waals surface area contributed by atoms with Gasteiger partial charge in [0.25, 0.3) is 0 Å². The maximum absolute atomic E-state index is 13.5. The van der Waals surface area contributed by atoms with Crippen LogP contribution in [0.15, 0.2) is 46.2 Å². The van der Waals surface area contributed by atoms with Crippen molar-refractivity contribution in [2.45, 2.75) is 10.9 Å². The molecule has 8 heteroatoms. The minimum absolute atomic E-state index is 0.0231. The Morgan fingerprint density at radius 2 is 1.90 bits per heavy atom. The van der Waals surface area contributed by atoms with Crippen LogP contribution in [0.1, 0.15) is 5.56 Å². The zero-order valence-electron chi connectivity index (χ0n) is 10.7. The van der Waals surface area contributed by atoms with Crippen LogP contribution in [0.4, 0.5) is 8.78 Å². The molecule has 0 spiro atoms. The van der Waals surface area contributed by atoms with Gasteiger partial charge >= 0.3 is 0 Å². The van der Waals surface area contributed by atoms with Gasteiger partial charge in [-0.05, 0) is 24.3 Å². The molecule has 0 saturated heterocycles. The van der Waals surface area contributed by atoms with Crippen LogP contribution in [0.25, 0.3) is 11.6 Å². The molecule has 0 radical (unpaired) electrons. The van der Waals surface area contributed by atoms with Crippen molar-refractivity contribution in [1.82, 2.24) is 14.9 Å². The van der Waals surface area contributed by atoms with Gasteiger partial charge in [0, 0.05) is 11.3 Å². The van der Waals surface area contributed by atoms with Crippen LogP contribution in [0.3, 0.4) is 0 Å². The zero-order chi connectivity index (χ0) is 14.8. The molecule has 108 valence electrons. The van der Waals surface area contributed by atoms with E-state index < -0.39 is 11.6 Å². The van der Waals surface area contributed by atoms with Crippen LogP contribution in [0, 0.1) is 11.6 Å². The van der Waals surface area contributed by atoms with Crippen LogP contribution >= 0.6 is 11.8 Å². The van der Waals surface area contributed by atoms with E-state index in [2.05, 4.69) is 10.2 Å². The number of nitrogens with two attached hydrogens (primary N) is 1. The van der Waals surface area contributed by atoms with Crippen LogP contribution in [0.5, 0.6) is 0 Å². The molecule has 0 amide bonds. The number of thioether (sulfide) groups is 1. The third kappa shape index (κ3) is 2.62. The molecule has 2 aromatic heterocycles. The number of halogens is 2. The molecule has 0 atom stereocenters. The lowest BCUT2D eigenvalue weighted by molar-refractivity contribution is 0.566. The molecule has 0 aliphatic heterocycles. The number of nitrogen functional groups attached to an aromatic ring is 1. The Morgan fingerprint density at radius 1 is 1.14 bits per heavy atom. The summed E-state index contributed by atoms with van der Waals surface area (Å²) in [6, 6.07) is 7.13. The number of hydrogen-bond acceptors (Lipinski definition) is 5. The molecule has 21 heavy (non-hydrogen) atoms. The van der Waals surface area contributed by atoms with E-state index in [9.17, 15) is 8.78 Å². The Hall–Kier alpha value is -2.35.